The van der Waals surface area contributed by atoms with E-state index in [1.165, 1.54) is 0 Å². The summed E-state index contributed by atoms with van der Waals surface area (Å²) in [6.45, 7) is 4.11. The molecule has 0 aliphatic heterocycles. The van der Waals surface area contributed by atoms with Gasteiger partial charge in [0.25, 0.3) is 5.91 Å². The van der Waals surface area contributed by atoms with Gasteiger partial charge in [0.05, 0.1) is 6.21 Å². The zero-order valence-corrected chi connectivity index (χ0v) is 16.1. The number of nitrogens with zero attached hydrogens (tertiary/aromatic N) is 1. The molecule has 0 atom stereocenters. The van der Waals surface area contributed by atoms with Crippen molar-refractivity contribution in [1.29, 1.82) is 0 Å². The molecular formula is C24H24N2O2. The van der Waals surface area contributed by atoms with Crippen molar-refractivity contribution in [3.63, 3.8) is 0 Å². The Balaban J connectivity index is 1.51. The molecule has 0 fully saturated rings. The average molecular weight is 372 g/mol. The normalized spacial score (nSPS) is 11.0. The third-order valence-electron chi connectivity index (χ3n) is 4.32. The third kappa shape index (κ3) is 5.30. The molecule has 0 unspecified atom stereocenters. The van der Waals surface area contributed by atoms with Crippen molar-refractivity contribution in [1.82, 2.24) is 5.43 Å². The standard InChI is InChI=1S/C24H24N2O2/c1-18(2)22-10-6-7-11-23(22)28-17-24(27)26-25-16-19-12-14-21(15-13-19)20-8-4-3-5-9-20/h3-16,18H,17H2,1-2H3,(H,26,27)/b25-16+. The van der Waals surface area contributed by atoms with Gasteiger partial charge in [-0.3, -0.25) is 4.79 Å². The van der Waals surface area contributed by atoms with Crippen LogP contribution in [0.5, 0.6) is 5.75 Å². The minimum atomic E-state index is -0.296. The molecule has 0 aromatic heterocycles. The molecule has 3 aromatic carbocycles. The molecule has 0 aliphatic carbocycles. The fourth-order valence-corrected chi connectivity index (χ4v) is 2.84. The second kappa shape index (κ2) is 9.51. The van der Waals surface area contributed by atoms with Gasteiger partial charge < -0.3 is 4.74 Å². The maximum atomic E-state index is 12.0. The molecule has 0 bridgehead atoms. The van der Waals surface area contributed by atoms with Crippen LogP contribution >= 0.6 is 0 Å². The van der Waals surface area contributed by atoms with Crippen LogP contribution in [0.2, 0.25) is 0 Å². The van der Waals surface area contributed by atoms with E-state index in [2.05, 4.69) is 36.5 Å². The van der Waals surface area contributed by atoms with E-state index in [1.807, 2.05) is 66.7 Å². The summed E-state index contributed by atoms with van der Waals surface area (Å²) >= 11 is 0. The number of carbonyl (C=O) groups excluding carboxylic acids is 1. The Bertz CT molecular complexity index is 932. The maximum Gasteiger partial charge on any atom is 0.277 e. The van der Waals surface area contributed by atoms with Crippen LogP contribution in [0.3, 0.4) is 0 Å². The zero-order chi connectivity index (χ0) is 19.8. The SMILES string of the molecule is CC(C)c1ccccc1OCC(=O)N/N=C/c1ccc(-c2ccccc2)cc1. The van der Waals surface area contributed by atoms with Crippen LogP contribution in [0.25, 0.3) is 11.1 Å². The highest BCUT2D eigenvalue weighted by atomic mass is 16.5. The predicted molar refractivity (Wildman–Crippen MR) is 114 cm³/mol. The summed E-state index contributed by atoms with van der Waals surface area (Å²) in [5.74, 6) is 0.764. The molecule has 0 aliphatic rings. The van der Waals surface area contributed by atoms with Crippen molar-refractivity contribution in [2.75, 3.05) is 6.61 Å². The Morgan fingerprint density at radius 1 is 0.929 bits per heavy atom. The van der Waals surface area contributed by atoms with Crippen molar-refractivity contribution >= 4 is 12.1 Å². The molecule has 0 saturated heterocycles. The first-order chi connectivity index (χ1) is 13.6. The summed E-state index contributed by atoms with van der Waals surface area (Å²) in [6, 6.07) is 25.9. The van der Waals surface area contributed by atoms with E-state index in [-0.39, 0.29) is 12.5 Å². The quantitative estimate of drug-likeness (QED) is 0.468. The summed E-state index contributed by atoms with van der Waals surface area (Å²) in [4.78, 5) is 12.0. The van der Waals surface area contributed by atoms with Crippen molar-refractivity contribution in [3.8, 4) is 16.9 Å². The van der Waals surface area contributed by atoms with Gasteiger partial charge in [-0.15, -0.1) is 0 Å². The van der Waals surface area contributed by atoms with Gasteiger partial charge in [0.15, 0.2) is 6.61 Å². The Hall–Kier alpha value is -3.40. The number of ether oxygens (including phenoxy) is 1. The van der Waals surface area contributed by atoms with Crippen LogP contribution in [0.15, 0.2) is 84.0 Å². The van der Waals surface area contributed by atoms with Crippen LogP contribution in [0, 0.1) is 0 Å². The van der Waals surface area contributed by atoms with E-state index in [0.29, 0.717) is 5.92 Å². The number of para-hydroxylation sites is 1. The molecule has 28 heavy (non-hydrogen) atoms. The van der Waals surface area contributed by atoms with Crippen LogP contribution in [-0.4, -0.2) is 18.7 Å². The number of benzene rings is 3. The lowest BCUT2D eigenvalue weighted by molar-refractivity contribution is -0.123. The molecule has 1 N–H and O–H groups in total. The molecule has 142 valence electrons. The summed E-state index contributed by atoms with van der Waals surface area (Å²) < 4.78 is 5.64. The number of nitrogens with one attached hydrogen (secondary N) is 1. The topological polar surface area (TPSA) is 50.7 Å². The minimum Gasteiger partial charge on any atom is -0.483 e. The van der Waals surface area contributed by atoms with Crippen molar-refractivity contribution < 1.29 is 9.53 Å². The minimum absolute atomic E-state index is 0.0754. The number of amides is 1. The number of rotatable bonds is 7. The highest BCUT2D eigenvalue weighted by molar-refractivity contribution is 5.83. The maximum absolute atomic E-state index is 12.0. The number of hydrogen-bond acceptors (Lipinski definition) is 3. The first-order valence-corrected chi connectivity index (χ1v) is 9.32. The van der Waals surface area contributed by atoms with E-state index < -0.39 is 0 Å². The van der Waals surface area contributed by atoms with Gasteiger partial charge in [0, 0.05) is 0 Å². The molecular weight excluding hydrogens is 348 g/mol. The monoisotopic (exact) mass is 372 g/mol. The summed E-state index contributed by atoms with van der Waals surface area (Å²) in [5, 5.41) is 4.01. The lowest BCUT2D eigenvalue weighted by Gasteiger charge is -2.12. The highest BCUT2D eigenvalue weighted by Gasteiger charge is 2.08. The van der Waals surface area contributed by atoms with E-state index >= 15 is 0 Å². The van der Waals surface area contributed by atoms with Crippen molar-refractivity contribution in [2.45, 2.75) is 19.8 Å². The molecule has 0 heterocycles. The molecule has 0 radical (unpaired) electrons. The van der Waals surface area contributed by atoms with Gasteiger partial charge >= 0.3 is 0 Å². The molecule has 4 heteroatoms. The van der Waals surface area contributed by atoms with Gasteiger partial charge in [-0.25, -0.2) is 5.43 Å². The number of carbonyl (C=O) groups is 1. The fraction of sp³-hybridized carbons (Fsp3) is 0.167. The van der Waals surface area contributed by atoms with Crippen molar-refractivity contribution in [2.24, 2.45) is 5.10 Å². The first-order valence-electron chi connectivity index (χ1n) is 9.32. The largest absolute Gasteiger partial charge is 0.483 e. The second-order valence-electron chi connectivity index (χ2n) is 6.76. The Labute approximate surface area is 165 Å². The van der Waals surface area contributed by atoms with E-state index in [0.717, 1.165) is 28.0 Å². The molecule has 0 spiro atoms. The van der Waals surface area contributed by atoms with Crippen molar-refractivity contribution in [3.05, 3.63) is 90.0 Å². The van der Waals surface area contributed by atoms with E-state index in [1.54, 1.807) is 6.21 Å². The first kappa shape index (κ1) is 19.4. The highest BCUT2D eigenvalue weighted by Crippen LogP contribution is 2.25. The molecule has 3 aromatic rings. The second-order valence-corrected chi connectivity index (χ2v) is 6.76. The predicted octanol–water partition coefficient (Wildman–Crippen LogP) is 5.01. The lowest BCUT2D eigenvalue weighted by Crippen LogP contribution is -2.24. The molecule has 0 saturated carbocycles. The van der Waals surface area contributed by atoms with E-state index in [9.17, 15) is 4.79 Å². The fourth-order valence-electron chi connectivity index (χ4n) is 2.84. The van der Waals surface area contributed by atoms with Gasteiger partial charge in [0.1, 0.15) is 5.75 Å². The van der Waals surface area contributed by atoms with Gasteiger partial charge in [-0.2, -0.15) is 5.10 Å². The smallest absolute Gasteiger partial charge is 0.277 e. The van der Waals surface area contributed by atoms with Gasteiger partial charge in [-0.05, 0) is 34.2 Å². The average Bonchev–Trinajstić information content (AvgIpc) is 2.73. The van der Waals surface area contributed by atoms with E-state index in [4.69, 9.17) is 4.74 Å². The third-order valence-corrected chi connectivity index (χ3v) is 4.32. The summed E-state index contributed by atoms with van der Waals surface area (Å²) in [5.41, 5.74) is 6.79. The number of hydrazone groups is 1. The van der Waals surface area contributed by atoms with Crippen LogP contribution in [-0.2, 0) is 4.79 Å². The molecule has 4 nitrogen and oxygen atoms in total. The zero-order valence-electron chi connectivity index (χ0n) is 16.1. The van der Waals surface area contributed by atoms with Crippen LogP contribution in [0.1, 0.15) is 30.9 Å². The Morgan fingerprint density at radius 3 is 2.29 bits per heavy atom. The van der Waals surface area contributed by atoms with Crippen LogP contribution < -0.4 is 10.2 Å². The van der Waals surface area contributed by atoms with Gasteiger partial charge in [0.2, 0.25) is 0 Å². The number of hydrogen-bond donors (Lipinski definition) is 1. The summed E-state index contributed by atoms with van der Waals surface area (Å²) in [7, 11) is 0. The Kier molecular flexibility index (Phi) is 6.58. The van der Waals surface area contributed by atoms with Crippen LogP contribution in [0.4, 0.5) is 0 Å². The molecule has 1 amide bonds. The summed E-state index contributed by atoms with van der Waals surface area (Å²) in [6.07, 6.45) is 1.62. The Morgan fingerprint density at radius 2 is 1.57 bits per heavy atom. The molecule has 3 rings (SSSR count). The lowest BCUT2D eigenvalue weighted by atomic mass is 10.0. The van der Waals surface area contributed by atoms with Gasteiger partial charge in [-0.1, -0.05) is 86.6 Å².